The molecule has 6 nitrogen and oxygen atoms in total. The summed E-state index contributed by atoms with van der Waals surface area (Å²) in [6.45, 7) is 0.349. The largest absolute Gasteiger partial charge is 0.406 e. The van der Waals surface area contributed by atoms with Crippen LogP contribution in [0.4, 0.5) is 19.0 Å². The number of hydrogen-bond donors (Lipinski definition) is 2. The molecule has 106 valence electrons. The molecule has 0 aliphatic rings. The number of nitrogens with two attached hydrogens (primary N) is 1. The second-order valence-electron chi connectivity index (χ2n) is 3.78. The van der Waals surface area contributed by atoms with Crippen molar-refractivity contribution in [3.05, 3.63) is 18.1 Å². The predicted molar refractivity (Wildman–Crippen MR) is 62.1 cm³/mol. The van der Waals surface area contributed by atoms with Gasteiger partial charge in [0.2, 0.25) is 0 Å². The molecule has 3 N–H and O–H groups in total. The van der Waals surface area contributed by atoms with Crippen molar-refractivity contribution in [3.63, 3.8) is 0 Å². The molecule has 0 bridgehead atoms. The maximum absolute atomic E-state index is 12.4. The van der Waals surface area contributed by atoms with Gasteiger partial charge in [-0.2, -0.15) is 13.2 Å². The number of alkyl halides is 3. The van der Waals surface area contributed by atoms with Gasteiger partial charge >= 0.3 is 6.18 Å². The third-order valence-electron chi connectivity index (χ3n) is 2.15. The van der Waals surface area contributed by atoms with Crippen LogP contribution in [0.15, 0.2) is 12.4 Å². The van der Waals surface area contributed by atoms with Gasteiger partial charge < -0.3 is 10.3 Å². The molecule has 1 heterocycles. The summed E-state index contributed by atoms with van der Waals surface area (Å²) in [5.74, 6) is 4.37. The lowest BCUT2D eigenvalue weighted by Crippen LogP contribution is -2.40. The highest BCUT2D eigenvalue weighted by atomic mass is 19.4. The van der Waals surface area contributed by atoms with Crippen LogP contribution >= 0.6 is 0 Å². The number of carbonyl (C=O) groups is 1. The summed E-state index contributed by atoms with van der Waals surface area (Å²) < 4.78 is 37.2. The number of hydrazine groups is 1. The zero-order valence-electron chi connectivity index (χ0n) is 10.2. The summed E-state index contributed by atoms with van der Waals surface area (Å²) in [7, 11) is 0. The molecule has 0 aliphatic heterocycles. The first kappa shape index (κ1) is 15.2. The Balaban J connectivity index is 2.91. The van der Waals surface area contributed by atoms with Crippen LogP contribution in [0.1, 0.15) is 23.8 Å². The van der Waals surface area contributed by atoms with Crippen molar-refractivity contribution in [1.29, 1.82) is 0 Å². The summed E-state index contributed by atoms with van der Waals surface area (Å²) in [6.07, 6.45) is -1.70. The molecule has 0 saturated carbocycles. The van der Waals surface area contributed by atoms with Crippen LogP contribution in [-0.4, -0.2) is 40.0 Å². The number of amides is 1. The minimum Gasteiger partial charge on any atom is -0.328 e. The van der Waals surface area contributed by atoms with Gasteiger partial charge in [-0.25, -0.2) is 10.8 Å². The Labute approximate surface area is 107 Å². The number of nitrogens with one attached hydrogen (secondary N) is 1. The van der Waals surface area contributed by atoms with Gasteiger partial charge in [0.25, 0.3) is 5.91 Å². The summed E-state index contributed by atoms with van der Waals surface area (Å²) in [5.41, 5.74) is 1.99. The molecule has 0 radical (unpaired) electrons. The fraction of sp³-hybridized carbons (Fsp3) is 0.500. The number of hydrogen-bond acceptors (Lipinski definition) is 5. The third-order valence-corrected chi connectivity index (χ3v) is 2.15. The third kappa shape index (κ3) is 4.70. The average molecular weight is 277 g/mol. The molecule has 0 fully saturated rings. The SMILES string of the molecule is CCCN(CC(F)(F)F)C(=O)c1cncc(NN)n1. The van der Waals surface area contributed by atoms with Crippen LogP contribution in [0.3, 0.4) is 0 Å². The quantitative estimate of drug-likeness (QED) is 0.623. The fourth-order valence-corrected chi connectivity index (χ4v) is 1.44. The first-order valence-corrected chi connectivity index (χ1v) is 5.52. The molecule has 0 spiro atoms. The second kappa shape index (κ2) is 6.32. The average Bonchev–Trinajstić information content (AvgIpc) is 2.36. The Morgan fingerprint density at radius 1 is 1.47 bits per heavy atom. The van der Waals surface area contributed by atoms with Gasteiger partial charge in [0.05, 0.1) is 12.4 Å². The van der Waals surface area contributed by atoms with E-state index in [1.54, 1.807) is 6.92 Å². The van der Waals surface area contributed by atoms with Crippen molar-refractivity contribution in [2.24, 2.45) is 5.84 Å². The molecule has 1 rings (SSSR count). The fourth-order valence-electron chi connectivity index (χ4n) is 1.44. The van der Waals surface area contributed by atoms with Crippen molar-refractivity contribution in [2.45, 2.75) is 19.5 Å². The minimum absolute atomic E-state index is 0.0136. The molecule has 0 saturated heterocycles. The van der Waals surface area contributed by atoms with E-state index in [1.807, 2.05) is 0 Å². The Morgan fingerprint density at radius 3 is 2.68 bits per heavy atom. The molecular weight excluding hydrogens is 263 g/mol. The predicted octanol–water partition coefficient (Wildman–Crippen LogP) is 1.18. The lowest BCUT2D eigenvalue weighted by Gasteiger charge is -2.22. The summed E-state index contributed by atoms with van der Waals surface area (Å²) in [4.78, 5) is 20.1. The van der Waals surface area contributed by atoms with Crippen LogP contribution in [0.2, 0.25) is 0 Å². The van der Waals surface area contributed by atoms with Gasteiger partial charge in [-0.15, -0.1) is 0 Å². The zero-order chi connectivity index (χ0) is 14.5. The molecule has 1 amide bonds. The Kier molecular flexibility index (Phi) is 5.04. The number of anilines is 1. The van der Waals surface area contributed by atoms with E-state index in [0.29, 0.717) is 11.3 Å². The van der Waals surface area contributed by atoms with Crippen molar-refractivity contribution < 1.29 is 18.0 Å². The summed E-state index contributed by atoms with van der Waals surface area (Å²) in [6, 6.07) is 0. The van der Waals surface area contributed by atoms with Crippen LogP contribution < -0.4 is 11.3 Å². The zero-order valence-corrected chi connectivity index (χ0v) is 10.2. The molecule has 0 unspecified atom stereocenters. The molecule has 19 heavy (non-hydrogen) atoms. The molecule has 9 heteroatoms. The van der Waals surface area contributed by atoms with Crippen molar-refractivity contribution >= 4 is 11.7 Å². The summed E-state index contributed by atoms with van der Waals surface area (Å²) >= 11 is 0. The van der Waals surface area contributed by atoms with Gasteiger partial charge in [0.15, 0.2) is 5.82 Å². The standard InChI is InChI=1S/C10H14F3N5O/c1-2-3-18(6-10(11,12)13)9(19)7-4-15-5-8(16-7)17-14/h4-5H,2-3,6,14H2,1H3,(H,16,17). The van der Waals surface area contributed by atoms with E-state index < -0.39 is 18.6 Å². The molecule has 0 atom stereocenters. The van der Waals surface area contributed by atoms with E-state index in [1.165, 1.54) is 6.20 Å². The number of nitrogen functional groups attached to an aromatic ring is 1. The van der Waals surface area contributed by atoms with Gasteiger partial charge in [0.1, 0.15) is 12.2 Å². The first-order valence-electron chi connectivity index (χ1n) is 5.52. The molecule has 0 aromatic carbocycles. The Hall–Kier alpha value is -1.90. The highest BCUT2D eigenvalue weighted by molar-refractivity contribution is 5.92. The Bertz CT molecular complexity index is 437. The van der Waals surface area contributed by atoms with E-state index in [0.717, 1.165) is 6.20 Å². The van der Waals surface area contributed by atoms with E-state index in [4.69, 9.17) is 5.84 Å². The van der Waals surface area contributed by atoms with E-state index in [2.05, 4.69) is 15.4 Å². The second-order valence-corrected chi connectivity index (χ2v) is 3.78. The minimum atomic E-state index is -4.46. The van der Waals surface area contributed by atoms with Crippen LogP contribution in [0, 0.1) is 0 Å². The topological polar surface area (TPSA) is 84.1 Å². The number of halogens is 3. The monoisotopic (exact) mass is 277 g/mol. The normalized spacial score (nSPS) is 11.2. The van der Waals surface area contributed by atoms with Crippen molar-refractivity contribution in [2.75, 3.05) is 18.5 Å². The van der Waals surface area contributed by atoms with Crippen LogP contribution in [0.25, 0.3) is 0 Å². The lowest BCUT2D eigenvalue weighted by molar-refractivity contribution is -0.140. The number of carbonyl (C=O) groups excluding carboxylic acids is 1. The maximum atomic E-state index is 12.4. The van der Waals surface area contributed by atoms with E-state index in [9.17, 15) is 18.0 Å². The van der Waals surface area contributed by atoms with Crippen LogP contribution in [0.5, 0.6) is 0 Å². The molecule has 1 aromatic heterocycles. The number of aromatic nitrogens is 2. The van der Waals surface area contributed by atoms with E-state index in [-0.39, 0.29) is 18.1 Å². The van der Waals surface area contributed by atoms with Gasteiger partial charge in [-0.3, -0.25) is 9.78 Å². The Morgan fingerprint density at radius 2 is 2.16 bits per heavy atom. The molecule has 1 aromatic rings. The van der Waals surface area contributed by atoms with Gasteiger partial charge in [-0.1, -0.05) is 6.92 Å². The lowest BCUT2D eigenvalue weighted by atomic mass is 10.3. The summed E-state index contributed by atoms with van der Waals surface area (Å²) in [5, 5.41) is 0. The van der Waals surface area contributed by atoms with Gasteiger partial charge in [0, 0.05) is 6.54 Å². The maximum Gasteiger partial charge on any atom is 0.406 e. The molecular formula is C10H14F3N5O. The molecule has 0 aliphatic carbocycles. The highest BCUT2D eigenvalue weighted by Gasteiger charge is 2.33. The smallest absolute Gasteiger partial charge is 0.328 e. The van der Waals surface area contributed by atoms with Crippen molar-refractivity contribution in [3.8, 4) is 0 Å². The van der Waals surface area contributed by atoms with Crippen LogP contribution in [-0.2, 0) is 0 Å². The van der Waals surface area contributed by atoms with Gasteiger partial charge in [-0.05, 0) is 6.42 Å². The van der Waals surface area contributed by atoms with Crippen molar-refractivity contribution in [1.82, 2.24) is 14.9 Å². The number of rotatable bonds is 5. The number of nitrogens with zero attached hydrogens (tertiary/aromatic N) is 3. The first-order chi connectivity index (χ1) is 8.87. The highest BCUT2D eigenvalue weighted by Crippen LogP contribution is 2.18. The van der Waals surface area contributed by atoms with E-state index >= 15 is 0 Å².